The van der Waals surface area contributed by atoms with Gasteiger partial charge in [-0.1, -0.05) is 24.3 Å². The quantitative estimate of drug-likeness (QED) is 0.258. The van der Waals surface area contributed by atoms with Crippen molar-refractivity contribution >= 4 is 34.2 Å². The van der Waals surface area contributed by atoms with Crippen LogP contribution in [0.5, 0.6) is 0 Å². The molecule has 0 unspecified atom stereocenters. The Hall–Kier alpha value is -6.03. The molecule has 10 heteroatoms. The first-order chi connectivity index (χ1) is 20.7. The van der Waals surface area contributed by atoms with Gasteiger partial charge in [-0.2, -0.15) is 0 Å². The standard InChI is InChI=1S/C32H20N6O4/c39-31-27-24(21-9-3-4-13-33-21)26(30-34-14-15-35-30)25(22-10-5-17-41-22)29(37-16-6-18-42-37)28(27)32(40)38(31)23-12-11-19-7-1-2-8-20(19)36-23/h1-15,17-18H,16H2,(H,34,35). The van der Waals surface area contributed by atoms with Crippen LogP contribution in [0.15, 0.2) is 108 Å². The Balaban J connectivity index is 1.50. The lowest BCUT2D eigenvalue weighted by atomic mass is 9.86. The minimum Gasteiger partial charge on any atom is -0.464 e. The van der Waals surface area contributed by atoms with Crippen LogP contribution < -0.4 is 9.96 Å². The molecule has 2 aliphatic rings. The lowest BCUT2D eigenvalue weighted by Gasteiger charge is -2.25. The van der Waals surface area contributed by atoms with Crippen LogP contribution in [0, 0.1) is 0 Å². The smallest absolute Gasteiger partial charge is 0.269 e. The second kappa shape index (κ2) is 9.27. The van der Waals surface area contributed by atoms with E-state index in [9.17, 15) is 9.59 Å². The summed E-state index contributed by atoms with van der Waals surface area (Å²) in [6, 6.07) is 20.1. The summed E-state index contributed by atoms with van der Waals surface area (Å²) in [6.07, 6.45) is 9.89. The number of amides is 2. The van der Waals surface area contributed by atoms with Crippen LogP contribution in [0.25, 0.3) is 44.9 Å². The maximum Gasteiger partial charge on any atom is 0.269 e. The third-order valence-electron chi connectivity index (χ3n) is 7.35. The molecule has 0 spiro atoms. The largest absolute Gasteiger partial charge is 0.464 e. The summed E-state index contributed by atoms with van der Waals surface area (Å²) >= 11 is 0. The van der Waals surface area contributed by atoms with Crippen molar-refractivity contribution in [1.82, 2.24) is 19.9 Å². The zero-order chi connectivity index (χ0) is 28.2. The Kier molecular flexibility index (Phi) is 5.26. The molecule has 2 aromatic carbocycles. The molecule has 6 heterocycles. The first-order valence-electron chi connectivity index (χ1n) is 13.2. The van der Waals surface area contributed by atoms with Gasteiger partial charge in [0.2, 0.25) is 0 Å². The van der Waals surface area contributed by atoms with E-state index in [-0.39, 0.29) is 16.9 Å². The van der Waals surface area contributed by atoms with Crippen LogP contribution in [0.2, 0.25) is 0 Å². The number of furan rings is 1. The van der Waals surface area contributed by atoms with Crippen LogP contribution in [-0.2, 0) is 4.84 Å². The number of benzene rings is 2. The fourth-order valence-corrected chi connectivity index (χ4v) is 5.62. The molecule has 0 saturated carbocycles. The SMILES string of the molecule is O=C1c2c(c(N3CC=CO3)c(-c3ccco3)c(-c3ncc[nH]3)c2-c2ccccn2)C(=O)N1c1ccc2ccccc2n1. The molecule has 2 aliphatic heterocycles. The summed E-state index contributed by atoms with van der Waals surface area (Å²) in [5.74, 6) is 0.109. The van der Waals surface area contributed by atoms with Crippen LogP contribution in [0.3, 0.4) is 0 Å². The van der Waals surface area contributed by atoms with Gasteiger partial charge < -0.3 is 14.2 Å². The molecule has 0 saturated heterocycles. The molecular weight excluding hydrogens is 532 g/mol. The predicted octanol–water partition coefficient (Wildman–Crippen LogP) is 6.01. The number of imidazole rings is 1. The molecule has 0 atom stereocenters. The zero-order valence-electron chi connectivity index (χ0n) is 21.9. The van der Waals surface area contributed by atoms with Crippen LogP contribution in [-0.4, -0.2) is 38.3 Å². The summed E-state index contributed by atoms with van der Waals surface area (Å²) in [5, 5.41) is 2.47. The van der Waals surface area contributed by atoms with Crippen LogP contribution >= 0.6 is 0 Å². The van der Waals surface area contributed by atoms with Crippen molar-refractivity contribution in [2.24, 2.45) is 0 Å². The number of carbonyl (C=O) groups is 2. The topological polar surface area (TPSA) is 117 Å². The van der Waals surface area contributed by atoms with Gasteiger partial charge in [-0.05, 0) is 48.5 Å². The highest BCUT2D eigenvalue weighted by molar-refractivity contribution is 6.39. The molecule has 0 radical (unpaired) electrons. The van der Waals surface area contributed by atoms with Crippen molar-refractivity contribution in [3.63, 3.8) is 0 Å². The number of anilines is 2. The number of imide groups is 1. The van der Waals surface area contributed by atoms with Gasteiger partial charge in [0.25, 0.3) is 11.8 Å². The summed E-state index contributed by atoms with van der Waals surface area (Å²) in [4.78, 5) is 53.1. The van der Waals surface area contributed by atoms with Gasteiger partial charge in [-0.15, -0.1) is 0 Å². The number of carbonyl (C=O) groups excluding carboxylic acids is 2. The summed E-state index contributed by atoms with van der Waals surface area (Å²) in [6.45, 7) is 0.344. The van der Waals surface area contributed by atoms with Crippen molar-refractivity contribution in [1.29, 1.82) is 0 Å². The number of pyridine rings is 2. The Bertz CT molecular complexity index is 2030. The lowest BCUT2D eigenvalue weighted by Crippen LogP contribution is -2.30. The molecule has 202 valence electrons. The molecule has 0 aliphatic carbocycles. The molecule has 2 amide bonds. The van der Waals surface area contributed by atoms with Crippen LogP contribution in [0.4, 0.5) is 11.5 Å². The van der Waals surface area contributed by atoms with E-state index in [1.165, 1.54) is 0 Å². The predicted molar refractivity (Wildman–Crippen MR) is 155 cm³/mol. The number of rotatable bonds is 5. The van der Waals surface area contributed by atoms with Crippen molar-refractivity contribution < 1.29 is 18.8 Å². The number of para-hydroxylation sites is 1. The second-order valence-electron chi connectivity index (χ2n) is 9.70. The second-order valence-corrected chi connectivity index (χ2v) is 9.70. The molecule has 6 aromatic rings. The Morgan fingerprint density at radius 2 is 1.67 bits per heavy atom. The van der Waals surface area contributed by atoms with Crippen molar-refractivity contribution in [2.45, 2.75) is 0 Å². The zero-order valence-corrected chi connectivity index (χ0v) is 21.9. The van der Waals surface area contributed by atoms with Gasteiger partial charge in [0.1, 0.15) is 29.4 Å². The first-order valence-corrected chi connectivity index (χ1v) is 13.2. The summed E-state index contributed by atoms with van der Waals surface area (Å²) in [5.41, 5.74) is 3.43. The van der Waals surface area contributed by atoms with E-state index in [1.807, 2.05) is 42.5 Å². The third-order valence-corrected chi connectivity index (χ3v) is 7.35. The average Bonchev–Trinajstić information content (AvgIpc) is 3.86. The van der Waals surface area contributed by atoms with E-state index < -0.39 is 11.8 Å². The summed E-state index contributed by atoms with van der Waals surface area (Å²) in [7, 11) is 0. The van der Waals surface area contributed by atoms with E-state index in [1.54, 1.807) is 66.5 Å². The maximum atomic E-state index is 14.5. The monoisotopic (exact) mass is 552 g/mol. The molecule has 0 fully saturated rings. The highest BCUT2D eigenvalue weighted by Crippen LogP contribution is 2.52. The van der Waals surface area contributed by atoms with Crippen molar-refractivity contribution in [3.8, 4) is 34.0 Å². The first kappa shape index (κ1) is 23.8. The highest BCUT2D eigenvalue weighted by atomic mass is 16.7. The number of aromatic nitrogens is 4. The molecular formula is C32H20N6O4. The van der Waals surface area contributed by atoms with Gasteiger partial charge in [-0.3, -0.25) is 14.6 Å². The Morgan fingerprint density at radius 3 is 2.43 bits per heavy atom. The van der Waals surface area contributed by atoms with E-state index in [0.717, 1.165) is 10.3 Å². The van der Waals surface area contributed by atoms with Gasteiger partial charge in [0, 0.05) is 35.1 Å². The van der Waals surface area contributed by atoms with Gasteiger partial charge in [0.05, 0.1) is 40.7 Å². The molecule has 8 rings (SSSR count). The molecule has 0 bridgehead atoms. The van der Waals surface area contributed by atoms with E-state index >= 15 is 0 Å². The van der Waals surface area contributed by atoms with E-state index in [0.29, 0.717) is 51.7 Å². The maximum absolute atomic E-state index is 14.5. The number of hydrogen-bond donors (Lipinski definition) is 1. The molecule has 42 heavy (non-hydrogen) atoms. The molecule has 1 N–H and O–H groups in total. The number of hydrogen-bond acceptors (Lipinski definition) is 8. The van der Waals surface area contributed by atoms with Crippen molar-refractivity contribution in [3.05, 3.63) is 115 Å². The number of aromatic amines is 1. The molecule has 4 aromatic heterocycles. The fraction of sp³-hybridized carbons (Fsp3) is 0.0312. The van der Waals surface area contributed by atoms with Gasteiger partial charge in [-0.25, -0.2) is 19.9 Å². The third kappa shape index (κ3) is 3.48. The fourth-order valence-electron chi connectivity index (χ4n) is 5.62. The minimum atomic E-state index is -0.528. The average molecular weight is 553 g/mol. The minimum absolute atomic E-state index is 0.168. The molecule has 10 nitrogen and oxygen atoms in total. The van der Waals surface area contributed by atoms with Crippen molar-refractivity contribution in [2.75, 3.05) is 16.5 Å². The van der Waals surface area contributed by atoms with Crippen LogP contribution in [0.1, 0.15) is 20.7 Å². The van der Waals surface area contributed by atoms with E-state index in [2.05, 4.69) is 19.9 Å². The number of hydroxylamine groups is 1. The number of nitrogens with one attached hydrogen (secondary N) is 1. The Labute approximate surface area is 238 Å². The normalized spacial score (nSPS) is 14.2. The Morgan fingerprint density at radius 1 is 0.786 bits per heavy atom. The highest BCUT2D eigenvalue weighted by Gasteiger charge is 2.46. The number of H-pyrrole nitrogens is 1. The lowest BCUT2D eigenvalue weighted by molar-refractivity contribution is 0.0925. The summed E-state index contributed by atoms with van der Waals surface area (Å²) < 4.78 is 5.94. The number of fused-ring (bicyclic) bond motifs is 2. The number of nitrogens with zero attached hydrogens (tertiary/aromatic N) is 5. The van der Waals surface area contributed by atoms with Gasteiger partial charge >= 0.3 is 0 Å². The van der Waals surface area contributed by atoms with E-state index in [4.69, 9.17) is 9.25 Å². The van der Waals surface area contributed by atoms with Gasteiger partial charge in [0.15, 0.2) is 0 Å².